The number of furan rings is 1. The van der Waals surface area contributed by atoms with Crippen molar-refractivity contribution in [3.8, 4) is 17.0 Å². The molecule has 2 N–H and O–H groups in total. The molecule has 0 radical (unpaired) electrons. The number of rotatable bonds is 5. The van der Waals surface area contributed by atoms with Gasteiger partial charge in [-0.2, -0.15) is 0 Å². The van der Waals surface area contributed by atoms with Gasteiger partial charge in [-0.3, -0.25) is 20.0 Å². The summed E-state index contributed by atoms with van der Waals surface area (Å²) in [6.07, 6.45) is 1.52. The fraction of sp³-hybridized carbons (Fsp3) is 0. The summed E-state index contributed by atoms with van der Waals surface area (Å²) in [5.41, 5.74) is 0.621. The van der Waals surface area contributed by atoms with Crippen LogP contribution in [0, 0.1) is 10.1 Å². The zero-order chi connectivity index (χ0) is 22.1. The number of carboxylic acid groups (broad SMARTS) is 1. The molecule has 31 heavy (non-hydrogen) atoms. The molecule has 0 aliphatic heterocycles. The molecule has 0 bridgehead atoms. The molecule has 4 rings (SSSR count). The molecule has 154 valence electrons. The van der Waals surface area contributed by atoms with Gasteiger partial charge >= 0.3 is 5.97 Å². The number of nitrogens with zero attached hydrogens (tertiary/aromatic N) is 2. The first kappa shape index (κ1) is 19.6. The third-order valence-corrected chi connectivity index (χ3v) is 4.63. The topological polar surface area (TPSA) is 131 Å². The summed E-state index contributed by atoms with van der Waals surface area (Å²) in [6.45, 7) is 3.84. The molecule has 0 fully saturated rings. The van der Waals surface area contributed by atoms with Crippen LogP contribution in [0.25, 0.3) is 29.7 Å². The third kappa shape index (κ3) is 3.79. The van der Waals surface area contributed by atoms with Crippen LogP contribution in [0.5, 0.6) is 0 Å². The van der Waals surface area contributed by atoms with Crippen molar-refractivity contribution in [1.82, 2.24) is 9.78 Å². The summed E-state index contributed by atoms with van der Waals surface area (Å²) < 4.78 is 6.97. The molecule has 4 aromatic rings. The molecule has 0 saturated heterocycles. The van der Waals surface area contributed by atoms with E-state index in [1.54, 1.807) is 36.4 Å². The second-order valence-electron chi connectivity index (χ2n) is 6.65. The Morgan fingerprint density at radius 2 is 1.90 bits per heavy atom. The quantitative estimate of drug-likeness (QED) is 0.378. The summed E-state index contributed by atoms with van der Waals surface area (Å²) in [7, 11) is 0. The Hall–Kier alpha value is -4.66. The van der Waals surface area contributed by atoms with E-state index in [9.17, 15) is 19.7 Å². The molecule has 2 aromatic carbocycles. The van der Waals surface area contributed by atoms with Gasteiger partial charge in [0, 0.05) is 17.7 Å². The smallest absolute Gasteiger partial charge is 0.335 e. The second kappa shape index (κ2) is 7.64. The highest BCUT2D eigenvalue weighted by Gasteiger charge is 2.10. The Morgan fingerprint density at radius 3 is 2.58 bits per heavy atom. The number of aromatic nitrogens is 2. The first-order chi connectivity index (χ1) is 14.8. The molecule has 0 aliphatic rings. The van der Waals surface area contributed by atoms with Gasteiger partial charge < -0.3 is 9.52 Å². The minimum absolute atomic E-state index is 0.0244. The Kier molecular flexibility index (Phi) is 4.84. The van der Waals surface area contributed by atoms with Crippen LogP contribution in [-0.4, -0.2) is 25.8 Å². The molecule has 0 amide bonds. The number of nitro groups is 1. The van der Waals surface area contributed by atoms with Crippen molar-refractivity contribution in [1.29, 1.82) is 0 Å². The normalized spacial score (nSPS) is 11.5. The molecular weight excluding hydrogens is 402 g/mol. The molecule has 0 atom stereocenters. The average molecular weight is 417 g/mol. The minimum Gasteiger partial charge on any atom is -0.478 e. The Labute approximate surface area is 173 Å². The van der Waals surface area contributed by atoms with E-state index in [4.69, 9.17) is 9.52 Å². The highest BCUT2D eigenvalue weighted by molar-refractivity contribution is 5.88. The Balaban J connectivity index is 1.72. The molecule has 0 unspecified atom stereocenters. The van der Waals surface area contributed by atoms with Crippen molar-refractivity contribution in [3.05, 3.63) is 103 Å². The molecule has 2 aromatic heterocycles. The van der Waals surface area contributed by atoms with Gasteiger partial charge in [0.2, 0.25) is 0 Å². The number of nitro benzene ring substituents is 1. The lowest BCUT2D eigenvalue weighted by molar-refractivity contribution is -0.384. The largest absolute Gasteiger partial charge is 0.478 e. The number of hydrogen-bond acceptors (Lipinski definition) is 5. The summed E-state index contributed by atoms with van der Waals surface area (Å²) in [6, 6.07) is 15.2. The number of H-pyrrole nitrogens is 1. The van der Waals surface area contributed by atoms with Crippen LogP contribution >= 0.6 is 0 Å². The van der Waals surface area contributed by atoms with E-state index in [-0.39, 0.29) is 16.5 Å². The van der Waals surface area contributed by atoms with E-state index in [1.807, 2.05) is 0 Å². The number of benzene rings is 2. The number of carbonyl (C=O) groups is 1. The molecule has 0 aliphatic carbocycles. The summed E-state index contributed by atoms with van der Waals surface area (Å²) in [4.78, 5) is 34.4. The standard InChI is InChI=1S/C22H15N3O6/c1-13-19(21(26)24(23-13)17-4-2-3-15(11-17)22(27)28)12-18-9-10-20(31-18)14-5-7-16(8-6-14)25(29)30/h2-12,23H,1H2,(H,27,28)/b19-12-. The summed E-state index contributed by atoms with van der Waals surface area (Å²) in [5, 5.41) is 23.4. The maximum Gasteiger partial charge on any atom is 0.335 e. The van der Waals surface area contributed by atoms with Crippen LogP contribution in [0.4, 0.5) is 5.69 Å². The van der Waals surface area contributed by atoms with Crippen molar-refractivity contribution >= 4 is 24.3 Å². The number of carboxylic acids is 1. The Bertz CT molecular complexity index is 1470. The highest BCUT2D eigenvalue weighted by atomic mass is 16.6. The minimum atomic E-state index is -1.10. The maximum atomic E-state index is 12.9. The first-order valence-electron chi connectivity index (χ1n) is 9.03. The fourth-order valence-electron chi connectivity index (χ4n) is 3.08. The van der Waals surface area contributed by atoms with Gasteiger partial charge in [-0.25, -0.2) is 9.48 Å². The van der Waals surface area contributed by atoms with Crippen molar-refractivity contribution in [2.75, 3.05) is 0 Å². The van der Waals surface area contributed by atoms with Crippen molar-refractivity contribution < 1.29 is 19.2 Å². The lowest BCUT2D eigenvalue weighted by Crippen LogP contribution is -2.33. The molecule has 0 spiro atoms. The number of hydrogen-bond donors (Lipinski definition) is 2. The molecule has 9 nitrogen and oxygen atoms in total. The molecule has 0 saturated carbocycles. The monoisotopic (exact) mass is 417 g/mol. The zero-order valence-corrected chi connectivity index (χ0v) is 15.9. The van der Waals surface area contributed by atoms with E-state index in [2.05, 4.69) is 11.7 Å². The second-order valence-corrected chi connectivity index (χ2v) is 6.65. The van der Waals surface area contributed by atoms with Gasteiger partial charge in [-0.05, 0) is 48.5 Å². The number of aromatic carboxylic acids is 1. The Morgan fingerprint density at radius 1 is 1.16 bits per heavy atom. The molecular formula is C22H15N3O6. The SMILES string of the molecule is C=c1[nH]n(-c2cccc(C(=O)O)c2)c(=O)/c1=C\c1ccc(-c2ccc([N+](=O)[O-])cc2)o1. The van der Waals surface area contributed by atoms with Gasteiger partial charge in [-0.15, -0.1) is 0 Å². The van der Waals surface area contributed by atoms with E-state index in [1.165, 1.54) is 35.0 Å². The third-order valence-electron chi connectivity index (χ3n) is 4.63. The fourth-order valence-corrected chi connectivity index (χ4v) is 3.08. The van der Waals surface area contributed by atoms with Crippen LogP contribution in [0.15, 0.2) is 69.9 Å². The predicted octanol–water partition coefficient (Wildman–Crippen LogP) is 2.27. The van der Waals surface area contributed by atoms with Gasteiger partial charge in [0.15, 0.2) is 0 Å². The first-order valence-corrected chi connectivity index (χ1v) is 9.03. The van der Waals surface area contributed by atoms with Crippen molar-refractivity contribution in [3.63, 3.8) is 0 Å². The molecule has 2 heterocycles. The number of aromatic amines is 1. The lowest BCUT2D eigenvalue weighted by Gasteiger charge is -2.02. The van der Waals surface area contributed by atoms with Crippen molar-refractivity contribution in [2.24, 2.45) is 0 Å². The molecule has 9 heteroatoms. The van der Waals surface area contributed by atoms with Crippen LogP contribution in [-0.2, 0) is 0 Å². The van der Waals surface area contributed by atoms with E-state index < -0.39 is 16.5 Å². The van der Waals surface area contributed by atoms with E-state index in [0.717, 1.165) is 0 Å². The van der Waals surface area contributed by atoms with E-state index in [0.29, 0.717) is 28.1 Å². The maximum absolute atomic E-state index is 12.9. The van der Waals surface area contributed by atoms with E-state index >= 15 is 0 Å². The van der Waals surface area contributed by atoms with Crippen LogP contribution in [0.2, 0.25) is 0 Å². The van der Waals surface area contributed by atoms with Gasteiger partial charge in [0.05, 0.1) is 26.7 Å². The van der Waals surface area contributed by atoms with Crippen LogP contribution < -0.4 is 16.1 Å². The summed E-state index contributed by atoms with van der Waals surface area (Å²) in [5.74, 6) is -0.227. The number of non-ortho nitro benzene ring substituents is 1. The van der Waals surface area contributed by atoms with Gasteiger partial charge in [-0.1, -0.05) is 12.6 Å². The van der Waals surface area contributed by atoms with Gasteiger partial charge in [0.25, 0.3) is 11.2 Å². The van der Waals surface area contributed by atoms with Crippen molar-refractivity contribution in [2.45, 2.75) is 0 Å². The average Bonchev–Trinajstić information content (AvgIpc) is 3.34. The predicted molar refractivity (Wildman–Crippen MR) is 112 cm³/mol. The van der Waals surface area contributed by atoms with Crippen LogP contribution in [0.3, 0.4) is 0 Å². The summed E-state index contributed by atoms with van der Waals surface area (Å²) >= 11 is 0. The highest BCUT2D eigenvalue weighted by Crippen LogP contribution is 2.24. The number of nitrogens with one attached hydrogen (secondary N) is 1. The zero-order valence-electron chi connectivity index (χ0n) is 15.9. The lowest BCUT2D eigenvalue weighted by atomic mass is 10.1. The van der Waals surface area contributed by atoms with Gasteiger partial charge in [0.1, 0.15) is 11.5 Å². The van der Waals surface area contributed by atoms with Crippen LogP contribution in [0.1, 0.15) is 16.1 Å².